The minimum Gasteiger partial charge on any atom is -0.506 e. The molecule has 4 nitrogen and oxygen atoms in total. The number of halogens is 2. The molecule has 1 aromatic heterocycles. The van der Waals surface area contributed by atoms with E-state index in [1.54, 1.807) is 0 Å². The number of hydrogen-bond acceptors (Lipinski definition) is 3. The molecule has 0 bridgehead atoms. The first-order chi connectivity index (χ1) is 6.43. The van der Waals surface area contributed by atoms with Gasteiger partial charge >= 0.3 is 0 Å². The first-order valence-corrected chi connectivity index (χ1v) is 3.72. The summed E-state index contributed by atoms with van der Waals surface area (Å²) in [5.41, 5.74) is 4.09. The van der Waals surface area contributed by atoms with Gasteiger partial charge in [-0.2, -0.15) is 0 Å². The molecule has 1 amide bonds. The Bertz CT molecular complexity index is 380. The van der Waals surface area contributed by atoms with Crippen LogP contribution in [-0.4, -0.2) is 16.0 Å². The van der Waals surface area contributed by atoms with Crippen molar-refractivity contribution in [2.75, 3.05) is 0 Å². The molecule has 14 heavy (non-hydrogen) atoms. The van der Waals surface area contributed by atoms with Gasteiger partial charge in [-0.1, -0.05) is 0 Å². The normalized spacial score (nSPS) is 10.6. The van der Waals surface area contributed by atoms with Crippen molar-refractivity contribution in [2.45, 2.75) is 13.3 Å². The number of primary amides is 1. The monoisotopic (exact) mass is 202 g/mol. The summed E-state index contributed by atoms with van der Waals surface area (Å²) in [5.74, 6) is -1.54. The highest BCUT2D eigenvalue weighted by Crippen LogP contribution is 2.27. The molecule has 0 aliphatic rings. The lowest BCUT2D eigenvalue weighted by Gasteiger charge is -2.06. The Kier molecular flexibility index (Phi) is 2.64. The number of aryl methyl sites for hydroxylation is 1. The summed E-state index contributed by atoms with van der Waals surface area (Å²) in [7, 11) is 0. The van der Waals surface area contributed by atoms with Crippen LogP contribution in [0, 0.1) is 6.92 Å². The Labute approximate surface area is 78.4 Å². The number of carbonyl (C=O) groups is 1. The lowest BCUT2D eigenvalue weighted by atomic mass is 10.1. The van der Waals surface area contributed by atoms with Crippen molar-refractivity contribution in [1.29, 1.82) is 0 Å². The van der Waals surface area contributed by atoms with Gasteiger partial charge in [-0.15, -0.1) is 0 Å². The number of carbonyl (C=O) groups excluding carboxylic acids is 1. The Morgan fingerprint density at radius 2 is 2.21 bits per heavy atom. The molecule has 76 valence electrons. The summed E-state index contributed by atoms with van der Waals surface area (Å²) in [5, 5.41) is 9.07. The topological polar surface area (TPSA) is 76.2 Å². The molecule has 0 unspecified atom stereocenters. The standard InChI is InChI=1S/C8H8F2N2O2/c1-3-2-4(13)6(7(9)10)12-5(3)8(11)14/h2,7,13H,1H3,(H2,11,14). The van der Waals surface area contributed by atoms with Crippen LogP contribution in [0.2, 0.25) is 0 Å². The largest absolute Gasteiger partial charge is 0.506 e. The maximum Gasteiger partial charge on any atom is 0.284 e. The number of aromatic hydroxyl groups is 1. The van der Waals surface area contributed by atoms with E-state index in [1.807, 2.05) is 0 Å². The van der Waals surface area contributed by atoms with Crippen molar-refractivity contribution in [1.82, 2.24) is 4.98 Å². The van der Waals surface area contributed by atoms with Gasteiger partial charge < -0.3 is 10.8 Å². The third kappa shape index (κ3) is 1.78. The van der Waals surface area contributed by atoms with Gasteiger partial charge in [0, 0.05) is 0 Å². The van der Waals surface area contributed by atoms with Gasteiger partial charge in [0.1, 0.15) is 17.1 Å². The fraction of sp³-hybridized carbons (Fsp3) is 0.250. The second-order valence-electron chi connectivity index (χ2n) is 2.72. The summed E-state index contributed by atoms with van der Waals surface area (Å²) >= 11 is 0. The zero-order valence-electron chi connectivity index (χ0n) is 7.29. The van der Waals surface area contributed by atoms with Crippen LogP contribution < -0.4 is 5.73 Å². The van der Waals surface area contributed by atoms with Crippen molar-refractivity contribution < 1.29 is 18.7 Å². The molecule has 3 N–H and O–H groups in total. The van der Waals surface area contributed by atoms with E-state index in [2.05, 4.69) is 4.98 Å². The van der Waals surface area contributed by atoms with E-state index in [1.165, 1.54) is 6.92 Å². The zero-order valence-corrected chi connectivity index (χ0v) is 7.29. The molecule has 0 spiro atoms. The molecule has 1 heterocycles. The summed E-state index contributed by atoms with van der Waals surface area (Å²) in [4.78, 5) is 14.0. The van der Waals surface area contributed by atoms with Crippen molar-refractivity contribution in [2.24, 2.45) is 5.73 Å². The smallest absolute Gasteiger partial charge is 0.284 e. The van der Waals surface area contributed by atoms with E-state index in [0.717, 1.165) is 6.07 Å². The predicted molar refractivity (Wildman–Crippen MR) is 44.1 cm³/mol. The molecule has 0 aromatic carbocycles. The highest BCUT2D eigenvalue weighted by atomic mass is 19.3. The lowest BCUT2D eigenvalue weighted by molar-refractivity contribution is 0.0992. The average Bonchev–Trinajstić information content (AvgIpc) is 2.02. The van der Waals surface area contributed by atoms with Gasteiger partial charge in [0.25, 0.3) is 12.3 Å². The number of alkyl halides is 2. The Hall–Kier alpha value is -1.72. The van der Waals surface area contributed by atoms with Crippen LogP contribution in [0.5, 0.6) is 5.75 Å². The third-order valence-electron chi connectivity index (χ3n) is 1.66. The number of nitrogens with two attached hydrogens (primary N) is 1. The van der Waals surface area contributed by atoms with Crippen LogP contribution in [0.3, 0.4) is 0 Å². The van der Waals surface area contributed by atoms with E-state index >= 15 is 0 Å². The molecule has 0 fully saturated rings. The summed E-state index contributed by atoms with van der Waals surface area (Å²) < 4.78 is 24.5. The lowest BCUT2D eigenvalue weighted by Crippen LogP contribution is -2.16. The SMILES string of the molecule is Cc1cc(O)c(C(F)F)nc1C(N)=O. The molecule has 0 saturated carbocycles. The molecular formula is C8H8F2N2O2. The second kappa shape index (κ2) is 3.57. The Morgan fingerprint density at radius 1 is 1.64 bits per heavy atom. The van der Waals surface area contributed by atoms with E-state index in [0.29, 0.717) is 0 Å². The Balaban J connectivity index is 3.34. The van der Waals surface area contributed by atoms with Crippen LogP contribution in [0.4, 0.5) is 8.78 Å². The van der Waals surface area contributed by atoms with Gasteiger partial charge in [0.05, 0.1) is 0 Å². The highest BCUT2D eigenvalue weighted by molar-refractivity contribution is 5.92. The van der Waals surface area contributed by atoms with Gasteiger partial charge in [-0.05, 0) is 18.6 Å². The number of rotatable bonds is 2. The summed E-state index contributed by atoms with van der Waals surface area (Å²) in [6.45, 7) is 1.45. The van der Waals surface area contributed by atoms with Crippen LogP contribution in [0.15, 0.2) is 6.07 Å². The number of hydrogen-bond donors (Lipinski definition) is 2. The first kappa shape index (κ1) is 10.4. The highest BCUT2D eigenvalue weighted by Gasteiger charge is 2.18. The van der Waals surface area contributed by atoms with Crippen molar-refractivity contribution in [3.05, 3.63) is 23.0 Å². The van der Waals surface area contributed by atoms with E-state index in [4.69, 9.17) is 10.8 Å². The van der Waals surface area contributed by atoms with E-state index in [9.17, 15) is 13.6 Å². The zero-order chi connectivity index (χ0) is 10.9. The molecule has 6 heteroatoms. The number of aromatic nitrogens is 1. The Morgan fingerprint density at radius 3 is 2.64 bits per heavy atom. The van der Waals surface area contributed by atoms with Crippen LogP contribution in [0.25, 0.3) is 0 Å². The molecule has 0 aliphatic carbocycles. The summed E-state index contributed by atoms with van der Waals surface area (Å²) in [6.07, 6.45) is -2.94. The maximum atomic E-state index is 12.2. The second-order valence-corrected chi connectivity index (χ2v) is 2.72. The van der Waals surface area contributed by atoms with E-state index < -0.39 is 23.8 Å². The molecule has 0 atom stereocenters. The number of pyridine rings is 1. The third-order valence-corrected chi connectivity index (χ3v) is 1.66. The van der Waals surface area contributed by atoms with Crippen molar-refractivity contribution >= 4 is 5.91 Å². The van der Waals surface area contributed by atoms with Gasteiger partial charge in [0.2, 0.25) is 0 Å². The van der Waals surface area contributed by atoms with E-state index in [-0.39, 0.29) is 11.3 Å². The predicted octanol–water partition coefficient (Wildman–Crippen LogP) is 1.13. The van der Waals surface area contributed by atoms with Crippen molar-refractivity contribution in [3.8, 4) is 5.75 Å². The minimum atomic E-state index is -2.94. The molecular weight excluding hydrogens is 194 g/mol. The molecule has 0 saturated heterocycles. The van der Waals surface area contributed by atoms with Crippen LogP contribution in [0.1, 0.15) is 28.2 Å². The average molecular weight is 202 g/mol. The summed E-state index contributed by atoms with van der Waals surface area (Å²) in [6, 6.07) is 1.04. The molecule has 0 aliphatic heterocycles. The quantitative estimate of drug-likeness (QED) is 0.754. The number of amides is 1. The molecule has 1 rings (SSSR count). The van der Waals surface area contributed by atoms with Gasteiger partial charge in [-0.3, -0.25) is 4.79 Å². The van der Waals surface area contributed by atoms with Crippen LogP contribution in [-0.2, 0) is 0 Å². The minimum absolute atomic E-state index is 0.252. The van der Waals surface area contributed by atoms with Gasteiger partial charge in [0.15, 0.2) is 0 Å². The fourth-order valence-corrected chi connectivity index (χ4v) is 1.02. The first-order valence-electron chi connectivity index (χ1n) is 3.72. The fourth-order valence-electron chi connectivity index (χ4n) is 1.02. The van der Waals surface area contributed by atoms with Gasteiger partial charge in [-0.25, -0.2) is 13.8 Å². The maximum absolute atomic E-state index is 12.2. The van der Waals surface area contributed by atoms with Crippen LogP contribution >= 0.6 is 0 Å². The molecule has 0 radical (unpaired) electrons. The molecule has 1 aromatic rings. The van der Waals surface area contributed by atoms with Crippen molar-refractivity contribution in [3.63, 3.8) is 0 Å². The number of nitrogens with zero attached hydrogens (tertiary/aromatic N) is 1.